The molecule has 98 valence electrons. The molecular formula is C15H29NSi. The minimum Gasteiger partial charge on any atom is -0.298 e. The smallest absolute Gasteiger partial charge is 0.0647 e. The molecule has 0 bridgehead atoms. The highest BCUT2D eigenvalue weighted by molar-refractivity contribution is 6.83. The van der Waals surface area contributed by atoms with Crippen LogP contribution in [0, 0.1) is 0 Å². The van der Waals surface area contributed by atoms with E-state index in [1.165, 1.54) is 44.4 Å². The summed E-state index contributed by atoms with van der Waals surface area (Å²) in [5.74, 6) is 0. The largest absolute Gasteiger partial charge is 0.298 e. The zero-order valence-electron chi connectivity index (χ0n) is 12.0. The quantitative estimate of drug-likeness (QED) is 0.400. The summed E-state index contributed by atoms with van der Waals surface area (Å²) in [4.78, 5) is 2.74. The highest BCUT2D eigenvalue weighted by Gasteiger charge is 2.55. The van der Waals surface area contributed by atoms with Crippen LogP contribution in [0.5, 0.6) is 0 Å². The Balaban J connectivity index is 2.31. The van der Waals surface area contributed by atoms with Crippen molar-refractivity contribution in [2.45, 2.75) is 69.2 Å². The topological polar surface area (TPSA) is 3.01 Å². The van der Waals surface area contributed by atoms with Crippen LogP contribution < -0.4 is 0 Å². The summed E-state index contributed by atoms with van der Waals surface area (Å²) in [6.07, 6.45) is 6.54. The van der Waals surface area contributed by atoms with Crippen LogP contribution in [0.4, 0.5) is 0 Å². The Morgan fingerprint density at radius 2 is 2.12 bits per heavy atom. The van der Waals surface area contributed by atoms with E-state index >= 15 is 0 Å². The first-order valence-corrected chi connectivity index (χ1v) is 10.1. The Kier molecular flexibility index (Phi) is 3.84. The fourth-order valence-electron chi connectivity index (χ4n) is 4.49. The van der Waals surface area contributed by atoms with Crippen molar-refractivity contribution in [3.05, 3.63) is 12.7 Å². The number of hydrogen-bond acceptors (Lipinski definition) is 1. The molecule has 2 aliphatic rings. The van der Waals surface area contributed by atoms with Crippen LogP contribution in [0.25, 0.3) is 0 Å². The van der Waals surface area contributed by atoms with Gasteiger partial charge in [-0.3, -0.25) is 4.90 Å². The van der Waals surface area contributed by atoms with Crippen molar-refractivity contribution in [2.75, 3.05) is 13.1 Å². The molecule has 0 aromatic carbocycles. The number of rotatable bonds is 5. The summed E-state index contributed by atoms with van der Waals surface area (Å²) in [5.41, 5.74) is 0. The van der Waals surface area contributed by atoms with Gasteiger partial charge in [0.1, 0.15) is 0 Å². The molecule has 1 nitrogen and oxygen atoms in total. The van der Waals surface area contributed by atoms with Gasteiger partial charge in [-0.1, -0.05) is 51.8 Å². The molecule has 2 aliphatic heterocycles. The first kappa shape index (κ1) is 13.4. The number of nitrogens with zero attached hydrogens (tertiary/aromatic N) is 1. The van der Waals surface area contributed by atoms with E-state index in [2.05, 4.69) is 38.3 Å². The summed E-state index contributed by atoms with van der Waals surface area (Å²) < 4.78 is 0. The second-order valence-electron chi connectivity index (χ2n) is 6.34. The molecule has 0 aromatic rings. The lowest BCUT2D eigenvalue weighted by Crippen LogP contribution is -2.56. The summed E-state index contributed by atoms with van der Waals surface area (Å²) in [5, 5.41) is 0.630. The fourth-order valence-corrected chi connectivity index (χ4v) is 10.4. The average Bonchev–Trinajstić information content (AvgIpc) is 3.16. The summed E-state index contributed by atoms with van der Waals surface area (Å²) in [6, 6.07) is 5.24. The third-order valence-electron chi connectivity index (χ3n) is 5.95. The average molecular weight is 251 g/mol. The maximum Gasteiger partial charge on any atom is 0.0647 e. The molecule has 2 heteroatoms. The molecule has 3 unspecified atom stereocenters. The Hall–Kier alpha value is -0.0831. The van der Waals surface area contributed by atoms with Crippen LogP contribution >= 0.6 is 0 Å². The summed E-state index contributed by atoms with van der Waals surface area (Å²) >= 11 is 0. The van der Waals surface area contributed by atoms with Crippen molar-refractivity contribution in [2.24, 2.45) is 0 Å². The molecular weight excluding hydrogens is 222 g/mol. The monoisotopic (exact) mass is 251 g/mol. The van der Waals surface area contributed by atoms with Crippen molar-refractivity contribution in [1.29, 1.82) is 0 Å². The number of hydrogen-bond donors (Lipinski definition) is 0. The Bertz CT molecular complexity index is 287. The maximum absolute atomic E-state index is 4.05. The molecule has 2 heterocycles. The van der Waals surface area contributed by atoms with Gasteiger partial charge in [-0.05, 0) is 17.5 Å². The van der Waals surface area contributed by atoms with Gasteiger partial charge in [0.15, 0.2) is 0 Å². The maximum atomic E-state index is 4.05. The molecule has 0 radical (unpaired) electrons. The van der Waals surface area contributed by atoms with Crippen LogP contribution in [-0.2, 0) is 0 Å². The third-order valence-corrected chi connectivity index (χ3v) is 12.8. The molecule has 17 heavy (non-hydrogen) atoms. The second-order valence-corrected chi connectivity index (χ2v) is 11.7. The van der Waals surface area contributed by atoms with E-state index in [0.717, 1.165) is 6.04 Å². The lowest BCUT2D eigenvalue weighted by molar-refractivity contribution is 0.256. The van der Waals surface area contributed by atoms with Crippen molar-refractivity contribution >= 4 is 8.07 Å². The molecule has 0 aromatic heterocycles. The van der Waals surface area contributed by atoms with E-state index in [9.17, 15) is 0 Å². The molecule has 0 amide bonds. The predicted molar refractivity (Wildman–Crippen MR) is 79.3 cm³/mol. The zero-order chi connectivity index (χ0) is 12.5. The van der Waals surface area contributed by atoms with Gasteiger partial charge in [0.25, 0.3) is 0 Å². The van der Waals surface area contributed by atoms with Crippen molar-refractivity contribution in [3.8, 4) is 0 Å². The van der Waals surface area contributed by atoms with Gasteiger partial charge in [0.2, 0.25) is 0 Å². The van der Waals surface area contributed by atoms with E-state index in [1.807, 2.05) is 0 Å². The third kappa shape index (κ3) is 2.04. The highest BCUT2D eigenvalue weighted by Crippen LogP contribution is 2.57. The van der Waals surface area contributed by atoms with Gasteiger partial charge < -0.3 is 0 Å². The van der Waals surface area contributed by atoms with Gasteiger partial charge in [-0.25, -0.2) is 0 Å². The predicted octanol–water partition coefficient (Wildman–Crippen LogP) is 4.29. The summed E-state index contributed by atoms with van der Waals surface area (Å²) in [7, 11) is -1.16. The molecule has 2 rings (SSSR count). The molecule has 0 spiro atoms. The van der Waals surface area contributed by atoms with E-state index in [1.54, 1.807) is 6.04 Å². The fraction of sp³-hybridized carbons (Fsp3) is 0.867. The van der Waals surface area contributed by atoms with Crippen LogP contribution in [0.3, 0.4) is 0 Å². The lowest BCUT2D eigenvalue weighted by Gasteiger charge is -2.55. The standard InChI is InChI=1S/C15H29NSi/c1-5-12-17(7-3)13-8-9-14(16-10-11-16)15(17,4)6-2/h5,14H,1,6-13H2,2-4H3. The van der Waals surface area contributed by atoms with Gasteiger partial charge in [0, 0.05) is 19.1 Å². The molecule has 0 N–H and O–H groups in total. The first-order valence-electron chi connectivity index (χ1n) is 7.48. The van der Waals surface area contributed by atoms with E-state index in [4.69, 9.17) is 0 Å². The van der Waals surface area contributed by atoms with Crippen LogP contribution in [0.2, 0.25) is 23.2 Å². The Morgan fingerprint density at radius 1 is 1.41 bits per heavy atom. The second kappa shape index (κ2) is 4.89. The van der Waals surface area contributed by atoms with Gasteiger partial charge in [-0.15, -0.1) is 6.58 Å². The SMILES string of the molecule is C=CC[Si]1(CC)CCCC(N2CC2)C1(C)CC. The molecule has 2 saturated heterocycles. The van der Waals surface area contributed by atoms with Crippen LogP contribution in [-0.4, -0.2) is 32.1 Å². The first-order chi connectivity index (χ1) is 8.13. The van der Waals surface area contributed by atoms with Crippen molar-refractivity contribution < 1.29 is 0 Å². The molecule has 3 atom stereocenters. The van der Waals surface area contributed by atoms with E-state index in [-0.39, 0.29) is 0 Å². The van der Waals surface area contributed by atoms with E-state index < -0.39 is 8.07 Å². The molecule has 0 aliphatic carbocycles. The minimum absolute atomic E-state index is 0.630. The lowest BCUT2D eigenvalue weighted by atomic mass is 9.93. The minimum atomic E-state index is -1.16. The highest BCUT2D eigenvalue weighted by atomic mass is 28.3. The van der Waals surface area contributed by atoms with Crippen LogP contribution in [0.15, 0.2) is 12.7 Å². The summed E-state index contributed by atoms with van der Waals surface area (Å²) in [6.45, 7) is 14.3. The Morgan fingerprint density at radius 3 is 2.59 bits per heavy atom. The van der Waals surface area contributed by atoms with Gasteiger partial charge in [-0.2, -0.15) is 0 Å². The number of allylic oxidation sites excluding steroid dienone is 1. The normalized spacial score (nSPS) is 42.4. The van der Waals surface area contributed by atoms with Gasteiger partial charge >= 0.3 is 0 Å². The Labute approximate surface area is 108 Å². The van der Waals surface area contributed by atoms with Gasteiger partial charge in [0.05, 0.1) is 8.07 Å². The van der Waals surface area contributed by atoms with Crippen LogP contribution in [0.1, 0.15) is 40.0 Å². The molecule has 2 fully saturated rings. The van der Waals surface area contributed by atoms with E-state index in [0.29, 0.717) is 5.04 Å². The zero-order valence-corrected chi connectivity index (χ0v) is 13.0. The van der Waals surface area contributed by atoms with Crippen molar-refractivity contribution in [1.82, 2.24) is 4.90 Å². The molecule has 0 saturated carbocycles. The van der Waals surface area contributed by atoms with Crippen molar-refractivity contribution in [3.63, 3.8) is 0 Å².